The molecule has 0 aliphatic rings. The lowest BCUT2D eigenvalue weighted by molar-refractivity contribution is -0.274. The van der Waals surface area contributed by atoms with E-state index >= 15 is 0 Å². The fourth-order valence-electron chi connectivity index (χ4n) is 2.62. The lowest BCUT2D eigenvalue weighted by Crippen LogP contribution is -2.29. The second-order valence-corrected chi connectivity index (χ2v) is 8.10. The van der Waals surface area contributed by atoms with Gasteiger partial charge in [0, 0.05) is 17.5 Å². The predicted molar refractivity (Wildman–Crippen MR) is 112 cm³/mol. The number of aromatic nitrogens is 4. The number of hydrogen-bond acceptors (Lipinski definition) is 9. The van der Waals surface area contributed by atoms with Crippen LogP contribution in [0, 0.1) is 11.3 Å². The molecule has 3 aromatic rings. The first kappa shape index (κ1) is 23.4. The number of ether oxygens (including phenoxy) is 1. The van der Waals surface area contributed by atoms with E-state index in [-0.39, 0.29) is 11.5 Å². The van der Waals surface area contributed by atoms with Crippen LogP contribution in [0.5, 0.6) is 5.75 Å². The predicted octanol–water partition coefficient (Wildman–Crippen LogP) is 3.75. The molecule has 0 aliphatic carbocycles. The summed E-state index contributed by atoms with van der Waals surface area (Å²) in [6, 6.07) is 4.96. The maximum atomic E-state index is 12.8. The number of thiazole rings is 1. The summed E-state index contributed by atoms with van der Waals surface area (Å²) in [7, 11) is 1.62. The van der Waals surface area contributed by atoms with Gasteiger partial charge in [-0.05, 0) is 31.4 Å². The monoisotopic (exact) mass is 483 g/mol. The first-order valence-electron chi connectivity index (χ1n) is 8.90. The third-order valence-corrected chi connectivity index (χ3v) is 5.57. The van der Waals surface area contributed by atoms with E-state index in [1.807, 2.05) is 6.07 Å². The molecule has 32 heavy (non-hydrogen) atoms. The fourth-order valence-corrected chi connectivity index (χ4v) is 3.78. The number of carbonyl (C=O) groups excluding carboxylic acids is 1. The Bertz CT molecular complexity index is 1170. The Morgan fingerprint density at radius 1 is 1.38 bits per heavy atom. The van der Waals surface area contributed by atoms with Gasteiger partial charge in [0.1, 0.15) is 16.7 Å². The van der Waals surface area contributed by atoms with Crippen molar-refractivity contribution >= 4 is 35.0 Å². The molecule has 1 amide bonds. The normalized spacial score (nSPS) is 12.2. The molecule has 0 saturated heterocycles. The zero-order valence-corrected chi connectivity index (χ0v) is 18.5. The second kappa shape index (κ2) is 9.45. The molecule has 1 aromatic carbocycles. The number of rotatable bonds is 7. The van der Waals surface area contributed by atoms with Crippen molar-refractivity contribution in [3.05, 3.63) is 40.7 Å². The van der Waals surface area contributed by atoms with Gasteiger partial charge in [-0.25, -0.2) is 4.98 Å². The van der Waals surface area contributed by atoms with Crippen LogP contribution in [0.3, 0.4) is 0 Å². The zero-order valence-electron chi connectivity index (χ0n) is 16.9. The largest absolute Gasteiger partial charge is 0.573 e. The molecule has 168 valence electrons. The summed E-state index contributed by atoms with van der Waals surface area (Å²) in [6.45, 7) is 1.64. The van der Waals surface area contributed by atoms with Crippen LogP contribution in [-0.2, 0) is 0 Å². The third kappa shape index (κ3) is 5.48. The molecular formula is C18H16F3N7O2S2. The third-order valence-electron chi connectivity index (χ3n) is 3.99. The zero-order chi connectivity index (χ0) is 23.5. The molecule has 0 fully saturated rings. The number of nitriles is 1. The Kier molecular flexibility index (Phi) is 6.90. The van der Waals surface area contributed by atoms with Crippen molar-refractivity contribution in [2.45, 2.75) is 24.2 Å². The van der Waals surface area contributed by atoms with E-state index in [9.17, 15) is 18.0 Å². The van der Waals surface area contributed by atoms with Crippen LogP contribution in [0.25, 0.3) is 5.13 Å². The Hall–Kier alpha value is -3.31. The highest BCUT2D eigenvalue weighted by Gasteiger charge is 2.31. The van der Waals surface area contributed by atoms with Crippen LogP contribution in [-0.4, -0.2) is 45.3 Å². The number of anilines is 1. The molecule has 3 rings (SSSR count). The average molecular weight is 484 g/mol. The molecule has 0 saturated carbocycles. The summed E-state index contributed by atoms with van der Waals surface area (Å²) < 4.78 is 43.3. The van der Waals surface area contributed by atoms with Crippen molar-refractivity contribution in [3.63, 3.8) is 0 Å². The van der Waals surface area contributed by atoms with Crippen LogP contribution in [0.1, 0.15) is 34.0 Å². The van der Waals surface area contributed by atoms with Crippen molar-refractivity contribution in [2.75, 3.05) is 18.6 Å². The Balaban J connectivity index is 1.88. The summed E-state index contributed by atoms with van der Waals surface area (Å²) in [5.74, 6) is -0.540. The number of benzene rings is 1. The van der Waals surface area contributed by atoms with Gasteiger partial charge in [-0.15, -0.1) is 30.0 Å². The molecular weight excluding hydrogens is 467 g/mol. The highest BCUT2D eigenvalue weighted by Crippen LogP contribution is 2.29. The van der Waals surface area contributed by atoms with Crippen LogP contribution < -0.4 is 15.4 Å². The van der Waals surface area contributed by atoms with Gasteiger partial charge in [-0.2, -0.15) is 14.9 Å². The quantitative estimate of drug-likeness (QED) is 0.488. The Morgan fingerprint density at radius 2 is 2.12 bits per heavy atom. The fraction of sp³-hybridized carbons (Fsp3) is 0.278. The molecule has 9 nitrogen and oxygen atoms in total. The molecule has 2 N–H and O–H groups in total. The molecule has 0 radical (unpaired) electrons. The van der Waals surface area contributed by atoms with Crippen molar-refractivity contribution in [1.82, 2.24) is 25.1 Å². The first-order chi connectivity index (χ1) is 15.1. The van der Waals surface area contributed by atoms with E-state index in [4.69, 9.17) is 5.26 Å². The summed E-state index contributed by atoms with van der Waals surface area (Å²) in [5, 5.41) is 19.2. The van der Waals surface area contributed by atoms with Gasteiger partial charge in [-0.1, -0.05) is 11.3 Å². The number of halogens is 3. The van der Waals surface area contributed by atoms with Gasteiger partial charge in [0.25, 0.3) is 5.91 Å². The maximum absolute atomic E-state index is 12.8. The molecule has 0 aliphatic heterocycles. The number of nitrogens with zero attached hydrogens (tertiary/aromatic N) is 5. The molecule has 2 aromatic heterocycles. The van der Waals surface area contributed by atoms with Crippen LogP contribution >= 0.6 is 23.1 Å². The van der Waals surface area contributed by atoms with Crippen LogP contribution in [0.15, 0.2) is 29.3 Å². The number of hydrogen-bond donors (Lipinski definition) is 2. The maximum Gasteiger partial charge on any atom is 0.573 e. The van der Waals surface area contributed by atoms with E-state index in [0.29, 0.717) is 20.7 Å². The molecule has 0 bridgehead atoms. The van der Waals surface area contributed by atoms with Gasteiger partial charge < -0.3 is 15.4 Å². The minimum Gasteiger partial charge on any atom is -0.406 e. The number of nitrogens with one attached hydrogen (secondary N) is 2. The van der Waals surface area contributed by atoms with Gasteiger partial charge in [0.05, 0.1) is 12.2 Å². The van der Waals surface area contributed by atoms with Gasteiger partial charge >= 0.3 is 6.36 Å². The number of alkyl halides is 3. The summed E-state index contributed by atoms with van der Waals surface area (Å²) in [4.78, 5) is 22.1. The SMILES string of the molecule is CNc1nc([C@H](C)NC(=O)c2cc(OC(F)(F)F)cc(SC)c2)n(-c2ncc(C#N)s2)n1. The molecule has 14 heteroatoms. The summed E-state index contributed by atoms with van der Waals surface area (Å²) in [6.07, 6.45) is -1.82. The van der Waals surface area contributed by atoms with E-state index in [2.05, 4.69) is 30.4 Å². The van der Waals surface area contributed by atoms with E-state index in [0.717, 1.165) is 17.4 Å². The number of thioether (sulfide) groups is 1. The molecule has 0 unspecified atom stereocenters. The smallest absolute Gasteiger partial charge is 0.406 e. The topological polar surface area (TPSA) is 118 Å². The highest BCUT2D eigenvalue weighted by molar-refractivity contribution is 7.98. The van der Waals surface area contributed by atoms with Crippen molar-refractivity contribution in [3.8, 4) is 17.0 Å². The number of carbonyl (C=O) groups is 1. The summed E-state index contributed by atoms with van der Waals surface area (Å²) >= 11 is 2.26. The Morgan fingerprint density at radius 3 is 2.72 bits per heavy atom. The highest BCUT2D eigenvalue weighted by atomic mass is 32.2. The van der Waals surface area contributed by atoms with Crippen molar-refractivity contribution in [2.24, 2.45) is 0 Å². The van der Waals surface area contributed by atoms with E-state index in [1.54, 1.807) is 20.2 Å². The van der Waals surface area contributed by atoms with Crippen LogP contribution in [0.2, 0.25) is 0 Å². The standard InChI is InChI=1S/C18H16F3N7O2S2/c1-9(14-26-16(23-2)27-28(14)17-24-8-13(7-22)32-17)25-15(29)10-4-11(30-18(19,20)21)6-12(5-10)31-3/h4-6,8-9H,1-3H3,(H,23,27)(H,25,29)/t9-/m0/s1. The van der Waals surface area contributed by atoms with Gasteiger partial charge in [-0.3, -0.25) is 4.79 Å². The second-order valence-electron chi connectivity index (χ2n) is 6.21. The van der Waals surface area contributed by atoms with E-state index < -0.39 is 24.1 Å². The van der Waals surface area contributed by atoms with Crippen molar-refractivity contribution in [1.29, 1.82) is 5.26 Å². The summed E-state index contributed by atoms with van der Waals surface area (Å²) in [5.41, 5.74) is -0.0103. The molecule has 0 spiro atoms. The Labute approximate surface area is 188 Å². The first-order valence-corrected chi connectivity index (χ1v) is 10.9. The van der Waals surface area contributed by atoms with Gasteiger partial charge in [0.2, 0.25) is 11.1 Å². The lowest BCUT2D eigenvalue weighted by Gasteiger charge is -2.15. The lowest BCUT2D eigenvalue weighted by atomic mass is 10.2. The molecule has 1 atom stereocenters. The van der Waals surface area contributed by atoms with E-state index in [1.165, 1.54) is 34.8 Å². The van der Waals surface area contributed by atoms with Crippen LogP contribution in [0.4, 0.5) is 19.1 Å². The van der Waals surface area contributed by atoms with Crippen molar-refractivity contribution < 1.29 is 22.7 Å². The molecule has 2 heterocycles. The minimum absolute atomic E-state index is 0.0103. The average Bonchev–Trinajstić information content (AvgIpc) is 3.38. The van der Waals surface area contributed by atoms with Gasteiger partial charge in [0.15, 0.2) is 5.82 Å². The minimum atomic E-state index is -4.88. The number of amides is 1.